The van der Waals surface area contributed by atoms with E-state index in [1.165, 1.54) is 11.1 Å². The van der Waals surface area contributed by atoms with Crippen molar-refractivity contribution in [3.63, 3.8) is 0 Å². The molecule has 13 nitrogen and oxygen atoms in total. The molecule has 2 saturated heterocycles. The van der Waals surface area contributed by atoms with E-state index in [0.29, 0.717) is 29.2 Å². The molecule has 3 aromatic rings. The number of nitrogens with one attached hydrogen (secondary N) is 2. The number of Topliss-reactive ketones (excluding diaryl/α,β-unsaturated/α-hetero) is 1. The summed E-state index contributed by atoms with van der Waals surface area (Å²) in [6.45, 7) is 3.25. The number of aromatic nitrogens is 3. The predicted molar refractivity (Wildman–Crippen MR) is 192 cm³/mol. The first-order chi connectivity index (χ1) is 24.4. The van der Waals surface area contributed by atoms with E-state index in [4.69, 9.17) is 5.73 Å². The van der Waals surface area contributed by atoms with Crippen LogP contribution >= 0.6 is 11.8 Å². The molecule has 4 amide bonds. The van der Waals surface area contributed by atoms with Crippen molar-refractivity contribution in [3.05, 3.63) is 59.9 Å². The number of thioether (sulfide) groups is 1. The van der Waals surface area contributed by atoms with Gasteiger partial charge in [-0.15, -0.1) is 5.10 Å². The second-order valence-electron chi connectivity index (χ2n) is 14.7. The highest BCUT2D eigenvalue weighted by Crippen LogP contribution is 2.35. The van der Waals surface area contributed by atoms with Crippen LogP contribution in [0.25, 0.3) is 10.8 Å². The minimum atomic E-state index is -1.47. The normalized spacial score (nSPS) is 21.6. The summed E-state index contributed by atoms with van der Waals surface area (Å²) in [4.78, 5) is 69.8. The third-order valence-corrected chi connectivity index (χ3v) is 11.7. The number of ketones is 1. The Morgan fingerprint density at radius 1 is 1.04 bits per heavy atom. The second-order valence-corrected chi connectivity index (χ2v) is 15.9. The van der Waals surface area contributed by atoms with E-state index in [9.17, 15) is 29.1 Å². The molecule has 3 atom stereocenters. The summed E-state index contributed by atoms with van der Waals surface area (Å²) in [6, 6.07) is 10.6. The first-order valence-electron chi connectivity index (χ1n) is 17.8. The quantitative estimate of drug-likeness (QED) is 0.216. The highest BCUT2D eigenvalue weighted by molar-refractivity contribution is 7.99. The number of carbonyl (C=O) groups excluding carboxylic acids is 5. The van der Waals surface area contributed by atoms with Crippen molar-refractivity contribution in [1.82, 2.24) is 30.5 Å². The number of nitrogens with zero attached hydrogens (tertiary/aromatic N) is 4. The van der Waals surface area contributed by atoms with Crippen molar-refractivity contribution in [2.24, 2.45) is 11.7 Å². The first-order valence-corrected chi connectivity index (χ1v) is 19.0. The van der Waals surface area contributed by atoms with Crippen LogP contribution in [0.15, 0.2) is 48.7 Å². The van der Waals surface area contributed by atoms with E-state index < -0.39 is 58.7 Å². The molecule has 0 bridgehead atoms. The second kappa shape index (κ2) is 15.1. The molecular weight excluding hydrogens is 671 g/mol. The van der Waals surface area contributed by atoms with E-state index in [0.717, 1.165) is 42.9 Å². The van der Waals surface area contributed by atoms with Gasteiger partial charge in [0.2, 0.25) is 17.6 Å². The summed E-state index contributed by atoms with van der Waals surface area (Å²) >= 11 is 1.62. The Morgan fingerprint density at radius 3 is 2.43 bits per heavy atom. The van der Waals surface area contributed by atoms with Gasteiger partial charge in [0.25, 0.3) is 11.8 Å². The molecule has 3 fully saturated rings. The Balaban J connectivity index is 1.33. The zero-order chi connectivity index (χ0) is 36.3. The number of hydrogen-bond donors (Lipinski definition) is 4. The molecule has 2 aromatic carbocycles. The fourth-order valence-corrected chi connectivity index (χ4v) is 9.06. The maximum Gasteiger partial charge on any atom is 0.287 e. The van der Waals surface area contributed by atoms with Crippen molar-refractivity contribution in [1.29, 1.82) is 0 Å². The first kappa shape index (κ1) is 36.5. The number of carbonyl (C=O) groups is 5. The van der Waals surface area contributed by atoms with Crippen LogP contribution in [-0.2, 0) is 24.8 Å². The van der Waals surface area contributed by atoms with Crippen LogP contribution in [0.1, 0.15) is 93.7 Å². The van der Waals surface area contributed by atoms with Crippen LogP contribution in [0.4, 0.5) is 0 Å². The molecule has 1 unspecified atom stereocenters. The molecule has 3 heterocycles. The maximum atomic E-state index is 14.8. The molecule has 1 aromatic heterocycles. The highest BCUT2D eigenvalue weighted by Gasteiger charge is 2.49. The maximum absolute atomic E-state index is 14.8. The summed E-state index contributed by atoms with van der Waals surface area (Å²) in [5, 5.41) is 26.9. The van der Waals surface area contributed by atoms with Gasteiger partial charge >= 0.3 is 0 Å². The van der Waals surface area contributed by atoms with Gasteiger partial charge in [-0.3, -0.25) is 24.0 Å². The molecule has 272 valence electrons. The molecule has 6 rings (SSSR count). The lowest BCUT2D eigenvalue weighted by Crippen LogP contribution is -2.63. The Morgan fingerprint density at radius 2 is 1.75 bits per heavy atom. The molecule has 0 spiro atoms. The molecule has 1 aliphatic carbocycles. The van der Waals surface area contributed by atoms with E-state index in [2.05, 4.69) is 20.9 Å². The molecule has 3 aliphatic rings. The Bertz CT molecular complexity index is 1790. The number of primary amides is 1. The summed E-state index contributed by atoms with van der Waals surface area (Å²) in [5.41, 5.74) is 3.51. The Kier molecular flexibility index (Phi) is 10.8. The van der Waals surface area contributed by atoms with Crippen molar-refractivity contribution >= 4 is 51.9 Å². The lowest BCUT2D eigenvalue weighted by Gasteiger charge is -2.37. The predicted octanol–water partition coefficient (Wildman–Crippen LogP) is 3.01. The third kappa shape index (κ3) is 7.96. The van der Waals surface area contributed by atoms with Crippen molar-refractivity contribution < 1.29 is 29.1 Å². The number of rotatable bonds is 11. The van der Waals surface area contributed by atoms with Crippen LogP contribution in [0, 0.1) is 5.92 Å². The smallest absolute Gasteiger partial charge is 0.287 e. The van der Waals surface area contributed by atoms with Crippen molar-refractivity contribution in [2.75, 3.05) is 18.1 Å². The molecule has 2 aliphatic heterocycles. The third-order valence-electron chi connectivity index (χ3n) is 10.7. The van der Waals surface area contributed by atoms with E-state index >= 15 is 0 Å². The van der Waals surface area contributed by atoms with Gasteiger partial charge < -0.3 is 26.4 Å². The standard InChI is InChI=1S/C37H47N7O6S/c1-36(2,50)30-21-39-42-44(30)27-20-29(34(48)41-37(31(45)32(38)46)14-16-51-17-15-37)43(22-27)35(49)28(18-23-8-4-3-5-9-23)40-33(47)26-13-12-24-10-6-7-11-25(24)19-26/h6-7,10-13,19,21,23,27-29,50H,3-5,8-9,14-18,20,22H2,1-2H3,(H2,38,46)(H,40,47)(H,41,48)/t27-,28?,29-/m0/s1. The molecular formula is C37H47N7O6S. The average molecular weight is 718 g/mol. The van der Waals surface area contributed by atoms with Crippen molar-refractivity contribution in [2.45, 2.75) is 101 Å². The fourth-order valence-electron chi connectivity index (χ4n) is 7.87. The summed E-state index contributed by atoms with van der Waals surface area (Å²) in [7, 11) is 0. The van der Waals surface area contributed by atoms with Gasteiger partial charge in [0.1, 0.15) is 23.2 Å². The summed E-state index contributed by atoms with van der Waals surface area (Å²) < 4.78 is 1.54. The number of benzene rings is 2. The minimum Gasteiger partial charge on any atom is -0.384 e. The lowest BCUT2D eigenvalue weighted by molar-refractivity contribution is -0.145. The zero-order valence-electron chi connectivity index (χ0n) is 29.2. The fraction of sp³-hybridized carbons (Fsp3) is 0.541. The van der Waals surface area contributed by atoms with Gasteiger partial charge in [-0.05, 0) is 73.4 Å². The Labute approximate surface area is 301 Å². The summed E-state index contributed by atoms with van der Waals surface area (Å²) in [6.07, 6.45) is 7.51. The van der Waals surface area contributed by atoms with Gasteiger partial charge in [0.05, 0.1) is 17.9 Å². The Hall–Kier alpha value is -4.30. The number of likely N-dealkylation sites (tertiary alicyclic amines) is 1. The summed E-state index contributed by atoms with van der Waals surface area (Å²) in [5.74, 6) is -2.07. The minimum absolute atomic E-state index is 0.0446. The van der Waals surface area contributed by atoms with Crippen LogP contribution in [0.2, 0.25) is 0 Å². The molecule has 51 heavy (non-hydrogen) atoms. The van der Waals surface area contributed by atoms with E-state index in [-0.39, 0.29) is 31.7 Å². The van der Waals surface area contributed by atoms with Gasteiger partial charge in [-0.25, -0.2) is 4.68 Å². The zero-order valence-corrected chi connectivity index (χ0v) is 30.0. The van der Waals surface area contributed by atoms with E-state index in [1.807, 2.05) is 30.3 Å². The van der Waals surface area contributed by atoms with Crippen molar-refractivity contribution in [3.8, 4) is 0 Å². The number of fused-ring (bicyclic) bond motifs is 1. The number of nitrogens with two attached hydrogens (primary N) is 1. The molecule has 1 saturated carbocycles. The largest absolute Gasteiger partial charge is 0.384 e. The monoisotopic (exact) mass is 717 g/mol. The van der Waals surface area contributed by atoms with Gasteiger partial charge in [0, 0.05) is 18.5 Å². The van der Waals surface area contributed by atoms with Crippen LogP contribution in [-0.4, -0.2) is 90.1 Å². The lowest BCUT2D eigenvalue weighted by atomic mass is 9.84. The average Bonchev–Trinajstić information content (AvgIpc) is 3.80. The highest BCUT2D eigenvalue weighted by atomic mass is 32.2. The van der Waals surface area contributed by atoms with Gasteiger partial charge in [-0.2, -0.15) is 11.8 Å². The van der Waals surface area contributed by atoms with Crippen LogP contribution in [0.3, 0.4) is 0 Å². The van der Waals surface area contributed by atoms with Crippen LogP contribution < -0.4 is 16.4 Å². The SMILES string of the molecule is CC(C)(O)c1cnnn1[C@H]1C[C@@H](C(=O)NC2(C(=O)C(N)=O)CCSCC2)N(C(=O)C(CC2CCCCC2)NC(=O)c2ccc3ccccc3c2)C1. The number of amides is 4. The molecule has 0 radical (unpaired) electrons. The molecule has 5 N–H and O–H groups in total. The van der Waals surface area contributed by atoms with Gasteiger partial charge in [-0.1, -0.05) is 67.6 Å². The molecule has 14 heteroatoms. The number of hydrogen-bond acceptors (Lipinski definition) is 9. The van der Waals surface area contributed by atoms with E-state index in [1.54, 1.807) is 42.4 Å². The topological polar surface area (TPSA) is 190 Å². The van der Waals surface area contributed by atoms with Crippen LogP contribution in [0.5, 0.6) is 0 Å². The number of aliphatic hydroxyl groups is 1. The van der Waals surface area contributed by atoms with Gasteiger partial charge in [0.15, 0.2) is 0 Å².